The molecule has 0 aromatic heterocycles. The van der Waals surface area contributed by atoms with E-state index < -0.39 is 0 Å². The summed E-state index contributed by atoms with van der Waals surface area (Å²) >= 11 is 0. The summed E-state index contributed by atoms with van der Waals surface area (Å²) in [6, 6.07) is 6.94. The molecule has 0 atom stereocenters. The molecule has 0 amide bonds. The number of nitrogens with one attached hydrogen (secondary N) is 1. The Morgan fingerprint density at radius 1 is 1.33 bits per heavy atom. The van der Waals surface area contributed by atoms with Gasteiger partial charge in [0.25, 0.3) is 0 Å². The van der Waals surface area contributed by atoms with Crippen LogP contribution in [0.4, 0.5) is 5.69 Å². The largest absolute Gasteiger partial charge is 0.485 e. The van der Waals surface area contributed by atoms with Crippen molar-refractivity contribution < 1.29 is 4.74 Å². The third-order valence-electron chi connectivity index (χ3n) is 3.99. The second-order valence-electron chi connectivity index (χ2n) is 6.01. The molecule has 98 valence electrons. The van der Waals surface area contributed by atoms with Crippen LogP contribution < -0.4 is 10.1 Å². The fourth-order valence-electron chi connectivity index (χ4n) is 2.91. The fraction of sp³-hybridized carbons (Fsp3) is 0.600. The van der Waals surface area contributed by atoms with E-state index in [1.54, 1.807) is 0 Å². The normalized spacial score (nSPS) is 21.3. The van der Waals surface area contributed by atoms with E-state index in [1.807, 2.05) is 0 Å². The molecule has 0 saturated carbocycles. The maximum absolute atomic E-state index is 6.28. The predicted octanol–water partition coefficient (Wildman–Crippen LogP) is 2.52. The highest BCUT2D eigenvalue weighted by atomic mass is 16.5. The van der Waals surface area contributed by atoms with Crippen molar-refractivity contribution in [3.05, 3.63) is 23.8 Å². The first-order valence-electron chi connectivity index (χ1n) is 6.86. The summed E-state index contributed by atoms with van der Waals surface area (Å²) in [6.07, 6.45) is 1.08. The predicted molar refractivity (Wildman–Crippen MR) is 74.4 cm³/mol. The lowest BCUT2D eigenvalue weighted by molar-refractivity contribution is -0.0779. The SMILES string of the molecule is CC(C)N1CC(C)(Oc2cccc3c2CCN3)C1. The van der Waals surface area contributed by atoms with Crippen molar-refractivity contribution in [2.45, 2.75) is 38.8 Å². The van der Waals surface area contributed by atoms with Crippen LogP contribution in [-0.2, 0) is 6.42 Å². The van der Waals surface area contributed by atoms with Gasteiger partial charge in [0.1, 0.15) is 11.4 Å². The molecule has 0 unspecified atom stereocenters. The summed E-state index contributed by atoms with van der Waals surface area (Å²) in [5.74, 6) is 1.07. The van der Waals surface area contributed by atoms with E-state index in [2.05, 4.69) is 49.2 Å². The maximum atomic E-state index is 6.28. The van der Waals surface area contributed by atoms with Gasteiger partial charge in [-0.25, -0.2) is 0 Å². The Hall–Kier alpha value is -1.22. The van der Waals surface area contributed by atoms with Gasteiger partial charge in [-0.2, -0.15) is 0 Å². The molecule has 3 nitrogen and oxygen atoms in total. The Kier molecular flexibility index (Phi) is 2.74. The zero-order chi connectivity index (χ0) is 12.8. The summed E-state index contributed by atoms with van der Waals surface area (Å²) in [5.41, 5.74) is 2.58. The van der Waals surface area contributed by atoms with Crippen molar-refractivity contribution in [3.8, 4) is 5.75 Å². The second-order valence-corrected chi connectivity index (χ2v) is 6.01. The number of hydrogen-bond donors (Lipinski definition) is 1. The molecule has 2 aliphatic rings. The van der Waals surface area contributed by atoms with Gasteiger partial charge < -0.3 is 10.1 Å². The van der Waals surface area contributed by atoms with E-state index in [0.29, 0.717) is 6.04 Å². The van der Waals surface area contributed by atoms with Crippen molar-refractivity contribution in [1.29, 1.82) is 0 Å². The first kappa shape index (κ1) is 11.8. The van der Waals surface area contributed by atoms with Gasteiger partial charge >= 0.3 is 0 Å². The van der Waals surface area contributed by atoms with Crippen LogP contribution in [0.15, 0.2) is 18.2 Å². The summed E-state index contributed by atoms with van der Waals surface area (Å²) in [5, 5.41) is 3.40. The molecule has 3 rings (SSSR count). The van der Waals surface area contributed by atoms with E-state index in [1.165, 1.54) is 11.3 Å². The van der Waals surface area contributed by atoms with Crippen LogP contribution in [0, 0.1) is 0 Å². The van der Waals surface area contributed by atoms with Gasteiger partial charge in [0.05, 0.1) is 0 Å². The summed E-state index contributed by atoms with van der Waals surface area (Å²) in [6.45, 7) is 9.79. The molecule has 18 heavy (non-hydrogen) atoms. The molecule has 1 N–H and O–H groups in total. The van der Waals surface area contributed by atoms with Crippen LogP contribution in [0.25, 0.3) is 0 Å². The van der Waals surface area contributed by atoms with Crippen molar-refractivity contribution in [3.63, 3.8) is 0 Å². The minimum Gasteiger partial charge on any atom is -0.485 e. The molecule has 0 bridgehead atoms. The van der Waals surface area contributed by atoms with Gasteiger partial charge in [0, 0.05) is 36.9 Å². The molecule has 1 fully saturated rings. The number of benzene rings is 1. The number of hydrogen-bond acceptors (Lipinski definition) is 3. The Bertz CT molecular complexity index is 450. The average Bonchev–Trinajstić information content (AvgIpc) is 2.74. The minimum absolute atomic E-state index is 0.0119. The lowest BCUT2D eigenvalue weighted by Gasteiger charge is -2.49. The van der Waals surface area contributed by atoms with Gasteiger partial charge in [-0.15, -0.1) is 0 Å². The Balaban J connectivity index is 1.73. The summed E-state index contributed by atoms with van der Waals surface area (Å²) in [4.78, 5) is 2.45. The van der Waals surface area contributed by atoms with E-state index >= 15 is 0 Å². The number of nitrogens with zero attached hydrogens (tertiary/aromatic N) is 1. The zero-order valence-electron chi connectivity index (χ0n) is 11.5. The van der Waals surface area contributed by atoms with Crippen LogP contribution in [-0.4, -0.2) is 36.2 Å². The lowest BCUT2D eigenvalue weighted by Crippen LogP contribution is -2.64. The highest BCUT2D eigenvalue weighted by Crippen LogP contribution is 2.35. The monoisotopic (exact) mass is 246 g/mol. The summed E-state index contributed by atoms with van der Waals surface area (Å²) in [7, 11) is 0. The lowest BCUT2D eigenvalue weighted by atomic mass is 9.94. The van der Waals surface area contributed by atoms with Gasteiger partial charge in [-0.05, 0) is 39.3 Å². The molecule has 0 spiro atoms. The van der Waals surface area contributed by atoms with E-state index in [9.17, 15) is 0 Å². The van der Waals surface area contributed by atoms with E-state index in [-0.39, 0.29) is 5.60 Å². The molecular weight excluding hydrogens is 224 g/mol. The number of ether oxygens (including phenoxy) is 1. The Morgan fingerprint density at radius 3 is 2.83 bits per heavy atom. The smallest absolute Gasteiger partial charge is 0.131 e. The number of rotatable bonds is 3. The van der Waals surface area contributed by atoms with Crippen LogP contribution in [0.5, 0.6) is 5.75 Å². The van der Waals surface area contributed by atoms with Crippen LogP contribution in [0.3, 0.4) is 0 Å². The number of fused-ring (bicyclic) bond motifs is 1. The quantitative estimate of drug-likeness (QED) is 0.887. The first-order valence-corrected chi connectivity index (χ1v) is 6.86. The van der Waals surface area contributed by atoms with Gasteiger partial charge in [-0.3, -0.25) is 4.90 Å². The standard InChI is InChI=1S/C15H22N2O/c1-11(2)17-9-15(3,10-17)18-14-6-4-5-13-12(14)7-8-16-13/h4-6,11,16H,7-10H2,1-3H3. The highest BCUT2D eigenvalue weighted by molar-refractivity contribution is 5.61. The third-order valence-corrected chi connectivity index (χ3v) is 3.99. The number of anilines is 1. The summed E-state index contributed by atoms with van der Waals surface area (Å²) < 4.78 is 6.28. The Labute approximate surface area is 109 Å². The molecule has 1 aromatic carbocycles. The molecule has 1 aromatic rings. The average molecular weight is 246 g/mol. The van der Waals surface area contributed by atoms with Crippen molar-refractivity contribution in [2.75, 3.05) is 25.0 Å². The maximum Gasteiger partial charge on any atom is 0.131 e. The van der Waals surface area contributed by atoms with Gasteiger partial charge in [0.2, 0.25) is 0 Å². The van der Waals surface area contributed by atoms with Crippen LogP contribution >= 0.6 is 0 Å². The highest BCUT2D eigenvalue weighted by Gasteiger charge is 2.42. The first-order chi connectivity index (χ1) is 8.57. The number of likely N-dealkylation sites (tertiary alicyclic amines) is 1. The van der Waals surface area contributed by atoms with Gasteiger partial charge in [0.15, 0.2) is 0 Å². The Morgan fingerprint density at radius 2 is 2.11 bits per heavy atom. The topological polar surface area (TPSA) is 24.5 Å². The molecule has 0 aliphatic carbocycles. The third kappa shape index (κ3) is 1.97. The van der Waals surface area contributed by atoms with Crippen molar-refractivity contribution in [2.24, 2.45) is 0 Å². The molecular formula is C15H22N2O. The molecule has 2 heterocycles. The second kappa shape index (κ2) is 4.16. The zero-order valence-corrected chi connectivity index (χ0v) is 11.5. The minimum atomic E-state index is -0.0119. The van der Waals surface area contributed by atoms with E-state index in [0.717, 1.165) is 31.8 Å². The molecule has 1 saturated heterocycles. The van der Waals surface area contributed by atoms with E-state index in [4.69, 9.17) is 4.74 Å². The van der Waals surface area contributed by atoms with Crippen molar-refractivity contribution in [1.82, 2.24) is 4.90 Å². The fourth-order valence-corrected chi connectivity index (χ4v) is 2.91. The molecule has 0 radical (unpaired) electrons. The van der Waals surface area contributed by atoms with Crippen molar-refractivity contribution >= 4 is 5.69 Å². The van der Waals surface area contributed by atoms with Gasteiger partial charge in [-0.1, -0.05) is 6.07 Å². The van der Waals surface area contributed by atoms with Crippen LogP contribution in [0.1, 0.15) is 26.3 Å². The van der Waals surface area contributed by atoms with Crippen LogP contribution in [0.2, 0.25) is 0 Å². The molecule has 3 heteroatoms. The molecule has 2 aliphatic heterocycles.